The highest BCUT2D eigenvalue weighted by molar-refractivity contribution is 5.99. The number of rotatable bonds is 8. The number of benzene rings is 1. The van der Waals surface area contributed by atoms with Crippen LogP contribution in [0.4, 0.5) is 5.69 Å². The highest BCUT2D eigenvalue weighted by Crippen LogP contribution is 2.14. The Balaban J connectivity index is 1.74. The van der Waals surface area contributed by atoms with E-state index in [2.05, 4.69) is 15.6 Å². The number of nitrogens with one attached hydrogen (secondary N) is 2. The fourth-order valence-corrected chi connectivity index (χ4v) is 2.16. The summed E-state index contributed by atoms with van der Waals surface area (Å²) in [4.78, 5) is 16.2. The molecule has 0 radical (unpaired) electrons. The van der Waals surface area contributed by atoms with Crippen LogP contribution in [0.1, 0.15) is 30.1 Å². The molecule has 112 valence electrons. The zero-order chi connectivity index (χ0) is 14.9. The smallest absolute Gasteiger partial charge is 0.253 e. The van der Waals surface area contributed by atoms with E-state index in [9.17, 15) is 4.79 Å². The zero-order valence-electron chi connectivity index (χ0n) is 12.4. The number of para-hydroxylation sites is 1. The van der Waals surface area contributed by atoms with E-state index in [0.29, 0.717) is 12.1 Å². The van der Waals surface area contributed by atoms with Gasteiger partial charge < -0.3 is 15.2 Å². The van der Waals surface area contributed by atoms with Crippen LogP contribution in [0.25, 0.3) is 0 Å². The lowest BCUT2D eigenvalue weighted by molar-refractivity contribution is 0.0953. The third kappa shape index (κ3) is 4.63. The van der Waals surface area contributed by atoms with Crippen LogP contribution in [-0.4, -0.2) is 28.5 Å². The molecule has 5 heteroatoms. The van der Waals surface area contributed by atoms with Gasteiger partial charge in [-0.15, -0.1) is 0 Å². The second kappa shape index (κ2) is 8.09. The topological polar surface area (TPSA) is 59.0 Å². The first-order chi connectivity index (χ1) is 10.3. The maximum atomic E-state index is 12.2. The van der Waals surface area contributed by atoms with Crippen LogP contribution in [-0.2, 0) is 6.54 Å². The lowest BCUT2D eigenvalue weighted by atomic mass is 10.1. The van der Waals surface area contributed by atoms with Crippen molar-refractivity contribution in [1.29, 1.82) is 0 Å². The van der Waals surface area contributed by atoms with E-state index < -0.39 is 0 Å². The average molecular weight is 286 g/mol. The van der Waals surface area contributed by atoms with Crippen LogP contribution in [0.5, 0.6) is 0 Å². The van der Waals surface area contributed by atoms with E-state index in [1.807, 2.05) is 48.3 Å². The number of imidazole rings is 1. The van der Waals surface area contributed by atoms with E-state index in [4.69, 9.17) is 0 Å². The Bertz CT molecular complexity index is 551. The van der Waals surface area contributed by atoms with Crippen molar-refractivity contribution in [2.45, 2.75) is 26.3 Å². The van der Waals surface area contributed by atoms with Crippen molar-refractivity contribution in [3.8, 4) is 0 Å². The molecule has 0 saturated carbocycles. The molecular weight excluding hydrogens is 264 g/mol. The van der Waals surface area contributed by atoms with Crippen LogP contribution in [0.2, 0.25) is 0 Å². The molecule has 0 saturated heterocycles. The molecule has 2 aromatic rings. The van der Waals surface area contributed by atoms with Crippen LogP contribution >= 0.6 is 0 Å². The minimum absolute atomic E-state index is 0.0193. The van der Waals surface area contributed by atoms with E-state index in [1.165, 1.54) is 0 Å². The molecule has 0 spiro atoms. The quantitative estimate of drug-likeness (QED) is 0.733. The SMILES string of the molecule is CCNc1ccccc1C(=O)NCCCCn1ccnc1. The minimum atomic E-state index is -0.0193. The second-order valence-electron chi connectivity index (χ2n) is 4.84. The van der Waals surface area contributed by atoms with Gasteiger partial charge in [0.15, 0.2) is 0 Å². The van der Waals surface area contributed by atoms with Gasteiger partial charge in [0.2, 0.25) is 0 Å². The second-order valence-corrected chi connectivity index (χ2v) is 4.84. The number of hydrogen-bond donors (Lipinski definition) is 2. The maximum Gasteiger partial charge on any atom is 0.253 e. The molecule has 0 aliphatic rings. The lowest BCUT2D eigenvalue weighted by Gasteiger charge is -2.11. The first-order valence-corrected chi connectivity index (χ1v) is 7.38. The number of hydrogen-bond acceptors (Lipinski definition) is 3. The van der Waals surface area contributed by atoms with Gasteiger partial charge in [-0.05, 0) is 31.9 Å². The van der Waals surface area contributed by atoms with Gasteiger partial charge in [-0.2, -0.15) is 0 Å². The van der Waals surface area contributed by atoms with Gasteiger partial charge in [0, 0.05) is 37.7 Å². The number of aryl methyl sites for hydroxylation is 1. The van der Waals surface area contributed by atoms with Crippen molar-refractivity contribution in [2.24, 2.45) is 0 Å². The largest absolute Gasteiger partial charge is 0.385 e. The van der Waals surface area contributed by atoms with Gasteiger partial charge in [-0.25, -0.2) is 4.98 Å². The van der Waals surface area contributed by atoms with Gasteiger partial charge in [-0.3, -0.25) is 4.79 Å². The Morgan fingerprint density at radius 2 is 2.14 bits per heavy atom. The van der Waals surface area contributed by atoms with Gasteiger partial charge in [0.1, 0.15) is 0 Å². The molecule has 0 aliphatic heterocycles. The average Bonchev–Trinajstić information content (AvgIpc) is 3.01. The zero-order valence-corrected chi connectivity index (χ0v) is 12.4. The summed E-state index contributed by atoms with van der Waals surface area (Å²) in [6.07, 6.45) is 7.51. The van der Waals surface area contributed by atoms with Crippen LogP contribution < -0.4 is 10.6 Å². The third-order valence-corrected chi connectivity index (χ3v) is 3.23. The van der Waals surface area contributed by atoms with Gasteiger partial charge in [0.25, 0.3) is 5.91 Å². The van der Waals surface area contributed by atoms with Crippen molar-refractivity contribution in [2.75, 3.05) is 18.4 Å². The summed E-state index contributed by atoms with van der Waals surface area (Å²) in [5, 5.41) is 6.18. The lowest BCUT2D eigenvalue weighted by Crippen LogP contribution is -2.25. The van der Waals surface area contributed by atoms with Crippen molar-refractivity contribution >= 4 is 11.6 Å². The summed E-state index contributed by atoms with van der Waals surface area (Å²) in [5.74, 6) is -0.0193. The van der Waals surface area contributed by atoms with E-state index in [1.54, 1.807) is 6.20 Å². The number of unbranched alkanes of at least 4 members (excludes halogenated alkanes) is 1. The highest BCUT2D eigenvalue weighted by Gasteiger charge is 2.09. The number of carbonyl (C=O) groups excluding carboxylic acids is 1. The molecular formula is C16H22N4O. The Morgan fingerprint density at radius 1 is 1.29 bits per heavy atom. The van der Waals surface area contributed by atoms with Crippen LogP contribution in [0.3, 0.4) is 0 Å². The normalized spacial score (nSPS) is 10.3. The first-order valence-electron chi connectivity index (χ1n) is 7.38. The Labute approximate surface area is 125 Å². The molecule has 0 bridgehead atoms. The number of aromatic nitrogens is 2. The number of carbonyl (C=O) groups is 1. The molecule has 1 aromatic carbocycles. The molecule has 1 heterocycles. The summed E-state index contributed by atoms with van der Waals surface area (Å²) in [6.45, 7) is 4.44. The monoisotopic (exact) mass is 286 g/mol. The molecule has 2 N–H and O–H groups in total. The molecule has 0 unspecified atom stereocenters. The fraction of sp³-hybridized carbons (Fsp3) is 0.375. The molecule has 0 fully saturated rings. The molecule has 0 aliphatic carbocycles. The molecule has 2 rings (SSSR count). The van der Waals surface area contributed by atoms with Crippen molar-refractivity contribution in [3.63, 3.8) is 0 Å². The Morgan fingerprint density at radius 3 is 2.90 bits per heavy atom. The summed E-state index contributed by atoms with van der Waals surface area (Å²) in [5.41, 5.74) is 1.59. The molecule has 0 atom stereocenters. The number of amides is 1. The molecule has 1 amide bonds. The molecule has 5 nitrogen and oxygen atoms in total. The standard InChI is InChI=1S/C16H22N4O/c1-2-18-15-8-4-3-7-14(15)16(21)19-9-5-6-11-20-12-10-17-13-20/h3-4,7-8,10,12-13,18H,2,5-6,9,11H2,1H3,(H,19,21). The first kappa shape index (κ1) is 15.1. The van der Waals surface area contributed by atoms with Gasteiger partial charge in [0.05, 0.1) is 11.9 Å². The molecule has 1 aromatic heterocycles. The molecule has 21 heavy (non-hydrogen) atoms. The predicted molar refractivity (Wildman–Crippen MR) is 84.4 cm³/mol. The van der Waals surface area contributed by atoms with Crippen molar-refractivity contribution in [1.82, 2.24) is 14.9 Å². The Kier molecular flexibility index (Phi) is 5.82. The van der Waals surface area contributed by atoms with Crippen molar-refractivity contribution in [3.05, 3.63) is 48.5 Å². The predicted octanol–water partition coefficient (Wildman–Crippen LogP) is 2.53. The summed E-state index contributed by atoms with van der Waals surface area (Å²) in [7, 11) is 0. The van der Waals surface area contributed by atoms with Crippen molar-refractivity contribution < 1.29 is 4.79 Å². The maximum absolute atomic E-state index is 12.2. The van der Waals surface area contributed by atoms with E-state index >= 15 is 0 Å². The summed E-state index contributed by atoms with van der Waals surface area (Å²) in [6, 6.07) is 7.59. The van der Waals surface area contributed by atoms with Gasteiger partial charge >= 0.3 is 0 Å². The highest BCUT2D eigenvalue weighted by atomic mass is 16.1. The number of nitrogens with zero attached hydrogens (tertiary/aromatic N) is 2. The fourth-order valence-electron chi connectivity index (χ4n) is 2.16. The minimum Gasteiger partial charge on any atom is -0.385 e. The third-order valence-electron chi connectivity index (χ3n) is 3.23. The summed E-state index contributed by atoms with van der Waals surface area (Å²) < 4.78 is 2.04. The number of anilines is 1. The summed E-state index contributed by atoms with van der Waals surface area (Å²) >= 11 is 0. The van der Waals surface area contributed by atoms with E-state index in [-0.39, 0.29) is 5.91 Å². The van der Waals surface area contributed by atoms with Crippen LogP contribution in [0.15, 0.2) is 43.0 Å². The Hall–Kier alpha value is -2.30. The van der Waals surface area contributed by atoms with Gasteiger partial charge in [-0.1, -0.05) is 12.1 Å². The van der Waals surface area contributed by atoms with E-state index in [0.717, 1.165) is 31.6 Å². The van der Waals surface area contributed by atoms with Crippen LogP contribution in [0, 0.1) is 0 Å².